The van der Waals surface area contributed by atoms with E-state index in [1.54, 1.807) is 31.2 Å². The van der Waals surface area contributed by atoms with Gasteiger partial charge in [-0.3, -0.25) is 14.4 Å². The molecule has 2 aromatic rings. The first kappa shape index (κ1) is 21.2. The number of rotatable bonds is 9. The third-order valence-corrected chi connectivity index (χ3v) is 4.24. The van der Waals surface area contributed by atoms with E-state index >= 15 is 0 Å². The second-order valence-electron chi connectivity index (χ2n) is 6.60. The molecule has 0 bridgehead atoms. The maximum Gasteiger partial charge on any atom is 0.251 e. The molecule has 2 atom stereocenters. The molecule has 0 radical (unpaired) electrons. The Morgan fingerprint density at radius 2 is 1.46 bits per heavy atom. The van der Waals surface area contributed by atoms with Gasteiger partial charge < -0.3 is 16.0 Å². The zero-order valence-corrected chi connectivity index (χ0v) is 16.3. The highest BCUT2D eigenvalue weighted by Gasteiger charge is 2.25. The summed E-state index contributed by atoms with van der Waals surface area (Å²) in [5, 5.41) is 8.24. The van der Waals surface area contributed by atoms with Crippen molar-refractivity contribution in [3.8, 4) is 0 Å². The van der Waals surface area contributed by atoms with Crippen LogP contribution in [0.3, 0.4) is 0 Å². The smallest absolute Gasteiger partial charge is 0.251 e. The van der Waals surface area contributed by atoms with Crippen LogP contribution in [0.2, 0.25) is 0 Å². The van der Waals surface area contributed by atoms with Gasteiger partial charge in [0, 0.05) is 18.5 Å². The Morgan fingerprint density at radius 3 is 2.07 bits per heavy atom. The highest BCUT2D eigenvalue weighted by atomic mass is 16.2. The van der Waals surface area contributed by atoms with Crippen molar-refractivity contribution >= 4 is 17.7 Å². The van der Waals surface area contributed by atoms with Gasteiger partial charge in [-0.05, 0) is 31.0 Å². The van der Waals surface area contributed by atoms with Crippen LogP contribution >= 0.6 is 0 Å². The van der Waals surface area contributed by atoms with Crippen LogP contribution < -0.4 is 16.0 Å². The van der Waals surface area contributed by atoms with Crippen molar-refractivity contribution in [1.29, 1.82) is 0 Å². The zero-order valence-electron chi connectivity index (χ0n) is 16.3. The Hall–Kier alpha value is -3.15. The molecule has 0 heterocycles. The molecule has 3 N–H and O–H groups in total. The maximum atomic E-state index is 12.8. The van der Waals surface area contributed by atoms with Gasteiger partial charge in [-0.25, -0.2) is 0 Å². The quantitative estimate of drug-likeness (QED) is 0.621. The van der Waals surface area contributed by atoms with Crippen molar-refractivity contribution in [2.75, 3.05) is 6.54 Å². The molecule has 2 rings (SSSR count). The first-order valence-corrected chi connectivity index (χ1v) is 9.49. The second kappa shape index (κ2) is 10.9. The number of carbonyl (C=O) groups excluding carboxylic acids is 3. The van der Waals surface area contributed by atoms with Crippen molar-refractivity contribution in [2.24, 2.45) is 0 Å². The van der Waals surface area contributed by atoms with Crippen molar-refractivity contribution < 1.29 is 14.4 Å². The van der Waals surface area contributed by atoms with E-state index < -0.39 is 18.0 Å². The first-order chi connectivity index (χ1) is 13.5. The summed E-state index contributed by atoms with van der Waals surface area (Å²) in [5.74, 6) is -0.977. The molecule has 148 valence electrons. The highest BCUT2D eigenvalue weighted by Crippen LogP contribution is 2.06. The Bertz CT molecular complexity index is 778. The minimum absolute atomic E-state index is 0.247. The van der Waals surface area contributed by atoms with Gasteiger partial charge in [-0.1, -0.05) is 55.5 Å². The Labute approximate surface area is 165 Å². The predicted octanol–water partition coefficient (Wildman–Crippen LogP) is 2.06. The number of nitrogens with one attached hydrogen (secondary N) is 3. The van der Waals surface area contributed by atoms with Gasteiger partial charge in [-0.15, -0.1) is 0 Å². The number of carbonyl (C=O) groups is 3. The Balaban J connectivity index is 2.09. The van der Waals surface area contributed by atoms with Crippen LogP contribution in [-0.2, 0) is 16.0 Å². The van der Waals surface area contributed by atoms with E-state index in [2.05, 4.69) is 16.0 Å². The maximum absolute atomic E-state index is 12.8. The average Bonchev–Trinajstić information content (AvgIpc) is 2.72. The lowest BCUT2D eigenvalue weighted by atomic mass is 10.0. The summed E-state index contributed by atoms with van der Waals surface area (Å²) in [5.41, 5.74) is 1.39. The molecule has 0 fully saturated rings. The lowest BCUT2D eigenvalue weighted by Gasteiger charge is -2.21. The van der Waals surface area contributed by atoms with Crippen LogP contribution in [0.5, 0.6) is 0 Å². The van der Waals surface area contributed by atoms with Crippen LogP contribution in [0, 0.1) is 0 Å². The fourth-order valence-corrected chi connectivity index (χ4v) is 2.67. The predicted molar refractivity (Wildman–Crippen MR) is 109 cm³/mol. The summed E-state index contributed by atoms with van der Waals surface area (Å²) in [4.78, 5) is 37.4. The van der Waals surface area contributed by atoms with E-state index in [4.69, 9.17) is 0 Å². The second-order valence-corrected chi connectivity index (χ2v) is 6.60. The highest BCUT2D eigenvalue weighted by molar-refractivity contribution is 5.98. The van der Waals surface area contributed by atoms with E-state index in [1.165, 1.54) is 0 Å². The average molecular weight is 381 g/mol. The molecule has 0 aliphatic carbocycles. The number of benzene rings is 2. The van der Waals surface area contributed by atoms with Crippen LogP contribution in [0.15, 0.2) is 60.7 Å². The molecule has 0 spiro atoms. The van der Waals surface area contributed by atoms with Gasteiger partial charge in [0.15, 0.2) is 0 Å². The van der Waals surface area contributed by atoms with Crippen molar-refractivity contribution in [2.45, 2.75) is 38.8 Å². The summed E-state index contributed by atoms with van der Waals surface area (Å²) in [6.07, 6.45) is 1.14. The minimum Gasteiger partial charge on any atom is -0.354 e. The topological polar surface area (TPSA) is 87.3 Å². The third kappa shape index (κ3) is 6.54. The summed E-state index contributed by atoms with van der Waals surface area (Å²) in [6.45, 7) is 4.14. The van der Waals surface area contributed by atoms with Gasteiger partial charge in [0.25, 0.3) is 5.91 Å². The van der Waals surface area contributed by atoms with Gasteiger partial charge in [0.05, 0.1) is 0 Å². The van der Waals surface area contributed by atoms with Crippen molar-refractivity contribution in [3.05, 3.63) is 71.8 Å². The summed E-state index contributed by atoms with van der Waals surface area (Å²) < 4.78 is 0. The Kier molecular flexibility index (Phi) is 8.21. The molecule has 0 saturated carbocycles. The zero-order chi connectivity index (χ0) is 20.4. The number of amides is 3. The summed E-state index contributed by atoms with van der Waals surface area (Å²) >= 11 is 0. The van der Waals surface area contributed by atoms with E-state index in [9.17, 15) is 14.4 Å². The SMILES string of the molecule is CCCNC(=O)C(C)NC(=O)C(Cc1ccccc1)NC(=O)c1ccccc1. The van der Waals surface area contributed by atoms with E-state index in [-0.39, 0.29) is 11.8 Å². The molecule has 0 aliphatic heterocycles. The largest absolute Gasteiger partial charge is 0.354 e. The fraction of sp³-hybridized carbons (Fsp3) is 0.318. The molecule has 28 heavy (non-hydrogen) atoms. The molecule has 3 amide bonds. The summed E-state index contributed by atoms with van der Waals surface area (Å²) in [7, 11) is 0. The van der Waals surface area contributed by atoms with Gasteiger partial charge >= 0.3 is 0 Å². The standard InChI is InChI=1S/C22H27N3O3/c1-3-14-23-20(26)16(2)24-22(28)19(15-17-10-6-4-7-11-17)25-21(27)18-12-8-5-9-13-18/h4-13,16,19H,3,14-15H2,1-2H3,(H,23,26)(H,24,28)(H,25,27). The van der Waals surface area contributed by atoms with Crippen molar-refractivity contribution in [1.82, 2.24) is 16.0 Å². The lowest BCUT2D eigenvalue weighted by molar-refractivity contribution is -0.129. The van der Waals surface area contributed by atoms with E-state index in [1.807, 2.05) is 43.3 Å². The minimum atomic E-state index is -0.795. The van der Waals surface area contributed by atoms with Gasteiger partial charge in [0.2, 0.25) is 11.8 Å². The molecular formula is C22H27N3O3. The van der Waals surface area contributed by atoms with E-state index in [0.717, 1.165) is 12.0 Å². The molecule has 6 nitrogen and oxygen atoms in total. The summed E-state index contributed by atoms with van der Waals surface area (Å²) in [6, 6.07) is 16.7. The van der Waals surface area contributed by atoms with Crippen LogP contribution in [0.25, 0.3) is 0 Å². The van der Waals surface area contributed by atoms with Crippen LogP contribution in [0.1, 0.15) is 36.2 Å². The lowest BCUT2D eigenvalue weighted by Crippen LogP contribution is -2.53. The molecule has 0 aromatic heterocycles. The number of hydrogen-bond acceptors (Lipinski definition) is 3. The molecule has 0 aliphatic rings. The first-order valence-electron chi connectivity index (χ1n) is 9.49. The van der Waals surface area contributed by atoms with E-state index in [0.29, 0.717) is 18.5 Å². The Morgan fingerprint density at radius 1 is 0.857 bits per heavy atom. The number of hydrogen-bond donors (Lipinski definition) is 3. The van der Waals surface area contributed by atoms with Crippen LogP contribution in [-0.4, -0.2) is 36.3 Å². The van der Waals surface area contributed by atoms with Crippen LogP contribution in [0.4, 0.5) is 0 Å². The van der Waals surface area contributed by atoms with Crippen molar-refractivity contribution in [3.63, 3.8) is 0 Å². The van der Waals surface area contributed by atoms with Gasteiger partial charge in [-0.2, -0.15) is 0 Å². The third-order valence-electron chi connectivity index (χ3n) is 4.24. The molecule has 0 saturated heterocycles. The molecule has 2 aromatic carbocycles. The molecular weight excluding hydrogens is 354 g/mol. The monoisotopic (exact) mass is 381 g/mol. The molecule has 6 heteroatoms. The normalized spacial score (nSPS) is 12.5. The fourth-order valence-electron chi connectivity index (χ4n) is 2.67. The molecule has 2 unspecified atom stereocenters. The van der Waals surface area contributed by atoms with Gasteiger partial charge in [0.1, 0.15) is 12.1 Å².